The van der Waals surface area contributed by atoms with Gasteiger partial charge >= 0.3 is 0 Å². The third kappa shape index (κ3) is 1.75. The molecule has 3 N–H and O–H groups in total. The molecule has 0 aliphatic carbocycles. The van der Waals surface area contributed by atoms with E-state index in [1.165, 1.54) is 27.7 Å². The zero-order valence-electron chi connectivity index (χ0n) is 10.1. The molecule has 0 fully saturated rings. The van der Waals surface area contributed by atoms with Crippen molar-refractivity contribution in [1.29, 1.82) is 0 Å². The van der Waals surface area contributed by atoms with Gasteiger partial charge in [-0.1, -0.05) is 11.6 Å². The lowest BCUT2D eigenvalue weighted by molar-refractivity contribution is 0.0360. The molecule has 17 heavy (non-hydrogen) atoms. The fourth-order valence-electron chi connectivity index (χ4n) is 2.69. The summed E-state index contributed by atoms with van der Waals surface area (Å²) >= 11 is 0. The first-order valence-corrected chi connectivity index (χ1v) is 6.22. The molecule has 1 aromatic carbocycles. The van der Waals surface area contributed by atoms with Gasteiger partial charge in [-0.2, -0.15) is 0 Å². The van der Waals surface area contributed by atoms with Crippen LogP contribution in [0.5, 0.6) is 0 Å². The van der Waals surface area contributed by atoms with Gasteiger partial charge in [0, 0.05) is 16.6 Å². The maximum atomic E-state index is 5.79. The normalized spacial score (nSPS) is 19.5. The molecule has 0 saturated carbocycles. The molecule has 0 bridgehead atoms. The van der Waals surface area contributed by atoms with E-state index in [1.54, 1.807) is 0 Å². The largest absolute Gasteiger partial charge is 0.372 e. The fourth-order valence-corrected chi connectivity index (χ4v) is 2.69. The summed E-state index contributed by atoms with van der Waals surface area (Å²) in [6.45, 7) is 3.60. The highest BCUT2D eigenvalue weighted by Crippen LogP contribution is 2.34. The number of aryl methyl sites for hydroxylation is 1. The molecule has 1 aliphatic heterocycles. The number of rotatable bonds is 2. The van der Waals surface area contributed by atoms with Crippen LogP contribution in [0.3, 0.4) is 0 Å². The molecule has 1 aliphatic rings. The Kier molecular flexibility index (Phi) is 2.65. The molecule has 0 spiro atoms. The van der Waals surface area contributed by atoms with Crippen LogP contribution < -0.4 is 5.73 Å². The number of aromatic nitrogens is 1. The van der Waals surface area contributed by atoms with E-state index in [0.29, 0.717) is 6.54 Å². The quantitative estimate of drug-likeness (QED) is 0.832. The predicted octanol–water partition coefficient (Wildman–Crippen LogP) is 2.44. The summed E-state index contributed by atoms with van der Waals surface area (Å²) in [6, 6.07) is 6.56. The van der Waals surface area contributed by atoms with Gasteiger partial charge in [0.2, 0.25) is 0 Å². The van der Waals surface area contributed by atoms with Gasteiger partial charge < -0.3 is 15.5 Å². The first-order chi connectivity index (χ1) is 8.29. The number of aromatic amines is 1. The highest BCUT2D eigenvalue weighted by atomic mass is 16.5. The summed E-state index contributed by atoms with van der Waals surface area (Å²) in [6.07, 6.45) is 2.04. The van der Waals surface area contributed by atoms with Crippen molar-refractivity contribution in [3.8, 4) is 0 Å². The van der Waals surface area contributed by atoms with Crippen LogP contribution in [0.1, 0.15) is 29.3 Å². The number of hydrogen-bond acceptors (Lipinski definition) is 2. The van der Waals surface area contributed by atoms with Crippen LogP contribution in [0.4, 0.5) is 0 Å². The minimum atomic E-state index is 0.149. The van der Waals surface area contributed by atoms with Crippen molar-refractivity contribution < 1.29 is 4.74 Å². The van der Waals surface area contributed by atoms with Gasteiger partial charge in [-0.15, -0.1) is 0 Å². The average molecular weight is 230 g/mol. The highest BCUT2D eigenvalue weighted by molar-refractivity contribution is 5.85. The number of ether oxygens (including phenoxy) is 1. The van der Waals surface area contributed by atoms with Crippen LogP contribution in [-0.4, -0.2) is 18.1 Å². The van der Waals surface area contributed by atoms with Crippen LogP contribution in [0.2, 0.25) is 0 Å². The number of nitrogens with one attached hydrogen (secondary N) is 1. The van der Waals surface area contributed by atoms with E-state index in [1.807, 2.05) is 0 Å². The van der Waals surface area contributed by atoms with Crippen molar-refractivity contribution in [2.75, 3.05) is 13.2 Å². The lowest BCUT2D eigenvalue weighted by atomic mass is 10.00. The van der Waals surface area contributed by atoms with Gasteiger partial charge in [0.1, 0.15) is 0 Å². The van der Waals surface area contributed by atoms with E-state index in [4.69, 9.17) is 10.5 Å². The molecule has 3 nitrogen and oxygen atoms in total. The molecule has 0 amide bonds. The summed E-state index contributed by atoms with van der Waals surface area (Å²) in [5.41, 5.74) is 10.8. The Bertz CT molecular complexity index is 544. The molecule has 1 atom stereocenters. The molecule has 0 radical (unpaired) electrons. The van der Waals surface area contributed by atoms with Crippen LogP contribution in [0, 0.1) is 6.92 Å². The van der Waals surface area contributed by atoms with Gasteiger partial charge in [-0.25, -0.2) is 0 Å². The first kappa shape index (κ1) is 10.8. The van der Waals surface area contributed by atoms with Crippen LogP contribution in [-0.2, 0) is 11.2 Å². The lowest BCUT2D eigenvalue weighted by Gasteiger charge is -2.22. The van der Waals surface area contributed by atoms with Crippen molar-refractivity contribution in [2.24, 2.45) is 5.73 Å². The summed E-state index contributed by atoms with van der Waals surface area (Å²) in [4.78, 5) is 3.50. The van der Waals surface area contributed by atoms with E-state index in [0.717, 1.165) is 19.4 Å². The van der Waals surface area contributed by atoms with Crippen molar-refractivity contribution in [2.45, 2.75) is 25.9 Å². The Hall–Kier alpha value is -1.32. The zero-order chi connectivity index (χ0) is 11.8. The molecule has 2 aromatic rings. The Morgan fingerprint density at radius 3 is 3.18 bits per heavy atom. The molecule has 3 rings (SSSR count). The van der Waals surface area contributed by atoms with Gasteiger partial charge in [0.05, 0.1) is 12.7 Å². The van der Waals surface area contributed by atoms with Crippen LogP contribution in [0.15, 0.2) is 18.2 Å². The van der Waals surface area contributed by atoms with Gasteiger partial charge in [0.25, 0.3) is 0 Å². The second-order valence-electron chi connectivity index (χ2n) is 4.75. The van der Waals surface area contributed by atoms with Crippen molar-refractivity contribution >= 4 is 10.9 Å². The second kappa shape index (κ2) is 4.17. The zero-order valence-corrected chi connectivity index (χ0v) is 10.1. The van der Waals surface area contributed by atoms with Crippen LogP contribution in [0.25, 0.3) is 10.9 Å². The molecule has 0 saturated heterocycles. The molecular weight excluding hydrogens is 212 g/mol. The van der Waals surface area contributed by atoms with Crippen molar-refractivity contribution in [3.63, 3.8) is 0 Å². The SMILES string of the molecule is Cc1ccc2[nH]c3c(c2c1)CCOC3CCN. The minimum absolute atomic E-state index is 0.149. The number of fused-ring (bicyclic) bond motifs is 3. The average Bonchev–Trinajstić information content (AvgIpc) is 2.69. The Morgan fingerprint density at radius 1 is 1.47 bits per heavy atom. The summed E-state index contributed by atoms with van der Waals surface area (Å²) in [7, 11) is 0. The van der Waals surface area contributed by atoms with E-state index in [2.05, 4.69) is 30.1 Å². The number of benzene rings is 1. The standard InChI is InChI=1S/C14H18N2O/c1-9-2-3-12-11(8-9)10-5-7-17-13(4-6-15)14(10)16-12/h2-3,8,13,16H,4-7,15H2,1H3. The maximum absolute atomic E-state index is 5.79. The van der Waals surface area contributed by atoms with Crippen molar-refractivity contribution in [3.05, 3.63) is 35.0 Å². The third-order valence-corrected chi connectivity index (χ3v) is 3.52. The molecule has 1 unspecified atom stereocenters. The topological polar surface area (TPSA) is 51.0 Å². The Balaban J connectivity index is 2.15. The monoisotopic (exact) mass is 230 g/mol. The number of hydrogen-bond donors (Lipinski definition) is 2. The Labute approximate surface area is 101 Å². The predicted molar refractivity (Wildman–Crippen MR) is 69.1 cm³/mol. The summed E-state index contributed by atoms with van der Waals surface area (Å²) in [5, 5.41) is 1.35. The van der Waals surface area contributed by atoms with Gasteiger partial charge in [-0.05, 0) is 44.0 Å². The maximum Gasteiger partial charge on any atom is 0.0987 e. The first-order valence-electron chi connectivity index (χ1n) is 6.22. The molecule has 90 valence electrons. The smallest absolute Gasteiger partial charge is 0.0987 e. The van der Waals surface area contributed by atoms with E-state index in [9.17, 15) is 0 Å². The molecule has 1 aromatic heterocycles. The Morgan fingerprint density at radius 2 is 2.35 bits per heavy atom. The van der Waals surface area contributed by atoms with Gasteiger partial charge in [0.15, 0.2) is 0 Å². The highest BCUT2D eigenvalue weighted by Gasteiger charge is 2.24. The van der Waals surface area contributed by atoms with Crippen LogP contribution >= 0.6 is 0 Å². The van der Waals surface area contributed by atoms with E-state index >= 15 is 0 Å². The summed E-state index contributed by atoms with van der Waals surface area (Å²) in [5.74, 6) is 0. The molecule has 3 heteroatoms. The van der Waals surface area contributed by atoms with Crippen molar-refractivity contribution in [1.82, 2.24) is 4.98 Å². The molecule has 2 heterocycles. The molecular formula is C14H18N2O. The van der Waals surface area contributed by atoms with E-state index in [-0.39, 0.29) is 6.10 Å². The summed E-state index contributed by atoms with van der Waals surface area (Å²) < 4.78 is 5.79. The lowest BCUT2D eigenvalue weighted by Crippen LogP contribution is -2.18. The minimum Gasteiger partial charge on any atom is -0.372 e. The third-order valence-electron chi connectivity index (χ3n) is 3.52. The number of H-pyrrole nitrogens is 1. The number of nitrogens with two attached hydrogens (primary N) is 1. The second-order valence-corrected chi connectivity index (χ2v) is 4.75. The fraction of sp³-hybridized carbons (Fsp3) is 0.429. The van der Waals surface area contributed by atoms with Gasteiger partial charge in [-0.3, -0.25) is 0 Å². The van der Waals surface area contributed by atoms with E-state index < -0.39 is 0 Å².